The predicted octanol–water partition coefficient (Wildman–Crippen LogP) is 2.67. The summed E-state index contributed by atoms with van der Waals surface area (Å²) in [6, 6.07) is 5.51. The van der Waals surface area contributed by atoms with Gasteiger partial charge < -0.3 is 10.5 Å². The van der Waals surface area contributed by atoms with Crippen molar-refractivity contribution in [2.75, 3.05) is 18.1 Å². The van der Waals surface area contributed by atoms with Gasteiger partial charge in [0.15, 0.2) is 0 Å². The van der Waals surface area contributed by atoms with Crippen molar-refractivity contribution in [1.82, 2.24) is 0 Å². The lowest BCUT2D eigenvalue weighted by atomic mass is 10.1. The van der Waals surface area contributed by atoms with E-state index in [-0.39, 0.29) is 17.5 Å². The molecule has 0 radical (unpaired) electrons. The Morgan fingerprint density at radius 1 is 1.42 bits per heavy atom. The summed E-state index contributed by atoms with van der Waals surface area (Å²) in [6.45, 7) is 3.91. The molecule has 0 spiro atoms. The second-order valence-electron chi connectivity index (χ2n) is 4.41. The Balaban J connectivity index is 2.59. The van der Waals surface area contributed by atoms with E-state index in [0.29, 0.717) is 18.8 Å². The van der Waals surface area contributed by atoms with Crippen molar-refractivity contribution in [3.05, 3.63) is 28.2 Å². The second-order valence-corrected chi connectivity index (χ2v) is 7.80. The molecule has 4 nitrogen and oxygen atoms in total. The molecule has 1 rings (SSSR count). The van der Waals surface area contributed by atoms with Gasteiger partial charge in [0.1, 0.15) is 15.6 Å². The summed E-state index contributed by atoms with van der Waals surface area (Å²) >= 11 is 3.39. The molecule has 108 valence electrons. The zero-order chi connectivity index (χ0) is 14.5. The minimum atomic E-state index is -2.92. The Kier molecular flexibility index (Phi) is 6.29. The van der Waals surface area contributed by atoms with E-state index in [4.69, 9.17) is 10.5 Å². The van der Waals surface area contributed by atoms with Crippen LogP contribution < -0.4 is 10.5 Å². The first-order valence-corrected chi connectivity index (χ1v) is 8.85. The van der Waals surface area contributed by atoms with Crippen LogP contribution in [0.4, 0.5) is 0 Å². The van der Waals surface area contributed by atoms with E-state index in [2.05, 4.69) is 15.9 Å². The van der Waals surface area contributed by atoms with Gasteiger partial charge in [0.2, 0.25) is 0 Å². The molecule has 0 amide bonds. The van der Waals surface area contributed by atoms with Crippen LogP contribution in [0.25, 0.3) is 0 Å². The summed E-state index contributed by atoms with van der Waals surface area (Å²) in [5.74, 6) is 1.05. The fourth-order valence-electron chi connectivity index (χ4n) is 1.61. The number of benzene rings is 1. The molecule has 0 heterocycles. The smallest absolute Gasteiger partial charge is 0.150 e. The molecule has 0 aliphatic carbocycles. The first-order valence-electron chi connectivity index (χ1n) is 6.24. The molecule has 0 saturated heterocycles. The lowest BCUT2D eigenvalue weighted by molar-refractivity contribution is 0.313. The summed E-state index contributed by atoms with van der Waals surface area (Å²) in [4.78, 5) is 0. The highest BCUT2D eigenvalue weighted by Crippen LogP contribution is 2.27. The minimum absolute atomic E-state index is 0.133. The largest absolute Gasteiger partial charge is 0.493 e. The van der Waals surface area contributed by atoms with E-state index >= 15 is 0 Å². The van der Waals surface area contributed by atoms with Crippen molar-refractivity contribution in [2.45, 2.75) is 26.3 Å². The minimum Gasteiger partial charge on any atom is -0.493 e. The van der Waals surface area contributed by atoms with E-state index < -0.39 is 9.84 Å². The van der Waals surface area contributed by atoms with Crippen molar-refractivity contribution in [1.29, 1.82) is 0 Å². The molecule has 0 aromatic heterocycles. The SMILES string of the molecule is CCS(=O)(=O)CCCOc1ccc(Br)cc1C(C)N. The zero-order valence-corrected chi connectivity index (χ0v) is 13.6. The van der Waals surface area contributed by atoms with Crippen molar-refractivity contribution in [2.24, 2.45) is 5.73 Å². The van der Waals surface area contributed by atoms with Crippen molar-refractivity contribution < 1.29 is 13.2 Å². The Morgan fingerprint density at radius 3 is 2.68 bits per heavy atom. The molecule has 1 atom stereocenters. The zero-order valence-electron chi connectivity index (χ0n) is 11.2. The van der Waals surface area contributed by atoms with Gasteiger partial charge in [0, 0.05) is 21.8 Å². The van der Waals surface area contributed by atoms with Gasteiger partial charge in [0.05, 0.1) is 12.4 Å². The van der Waals surface area contributed by atoms with Gasteiger partial charge >= 0.3 is 0 Å². The van der Waals surface area contributed by atoms with Crippen LogP contribution in [0, 0.1) is 0 Å². The summed E-state index contributed by atoms with van der Waals surface area (Å²) in [6.07, 6.45) is 0.491. The summed E-state index contributed by atoms with van der Waals surface area (Å²) < 4.78 is 29.3. The van der Waals surface area contributed by atoms with Crippen LogP contribution in [0.1, 0.15) is 31.9 Å². The number of hydrogen-bond donors (Lipinski definition) is 1. The molecule has 0 saturated carbocycles. The number of rotatable bonds is 7. The average Bonchev–Trinajstić information content (AvgIpc) is 2.36. The third-order valence-corrected chi connectivity index (χ3v) is 5.04. The number of ether oxygens (including phenoxy) is 1. The third kappa shape index (κ3) is 5.50. The number of sulfone groups is 1. The average molecular weight is 350 g/mol. The standard InChI is InChI=1S/C13H20BrNO3S/c1-3-19(16,17)8-4-7-18-13-6-5-11(14)9-12(13)10(2)15/h5-6,9-10H,3-4,7-8,15H2,1-2H3. The molecular weight excluding hydrogens is 330 g/mol. The third-order valence-electron chi connectivity index (χ3n) is 2.76. The highest BCUT2D eigenvalue weighted by Gasteiger charge is 2.10. The van der Waals surface area contributed by atoms with Crippen LogP contribution in [-0.2, 0) is 9.84 Å². The fourth-order valence-corrected chi connectivity index (χ4v) is 2.84. The Bertz CT molecular complexity index is 515. The Labute approximate surface area is 123 Å². The molecule has 0 bridgehead atoms. The molecule has 2 N–H and O–H groups in total. The first kappa shape index (κ1) is 16.5. The van der Waals surface area contributed by atoms with Crippen LogP contribution in [0.2, 0.25) is 0 Å². The van der Waals surface area contributed by atoms with Gasteiger partial charge in [-0.3, -0.25) is 0 Å². The monoisotopic (exact) mass is 349 g/mol. The summed E-state index contributed by atoms with van der Waals surface area (Å²) in [5.41, 5.74) is 6.79. The normalized spacial score (nSPS) is 13.3. The maximum absolute atomic E-state index is 11.3. The van der Waals surface area contributed by atoms with Crippen molar-refractivity contribution >= 4 is 25.8 Å². The molecule has 6 heteroatoms. The molecule has 1 aromatic rings. The lowest BCUT2D eigenvalue weighted by Gasteiger charge is -2.14. The van der Waals surface area contributed by atoms with Gasteiger partial charge in [0.25, 0.3) is 0 Å². The molecule has 0 aliphatic rings. The number of halogens is 1. The van der Waals surface area contributed by atoms with Crippen molar-refractivity contribution in [3.8, 4) is 5.75 Å². The second kappa shape index (κ2) is 7.26. The quantitative estimate of drug-likeness (QED) is 0.768. The molecular formula is C13H20BrNO3S. The van der Waals surface area contributed by atoms with Gasteiger partial charge in [-0.15, -0.1) is 0 Å². The molecule has 1 unspecified atom stereocenters. The highest BCUT2D eigenvalue weighted by atomic mass is 79.9. The Hall–Kier alpha value is -0.590. The fraction of sp³-hybridized carbons (Fsp3) is 0.538. The molecule has 1 aromatic carbocycles. The number of hydrogen-bond acceptors (Lipinski definition) is 4. The maximum atomic E-state index is 11.3. The molecule has 0 fully saturated rings. The van der Waals surface area contributed by atoms with Gasteiger partial charge in [-0.05, 0) is 31.5 Å². The highest BCUT2D eigenvalue weighted by molar-refractivity contribution is 9.10. The van der Waals surface area contributed by atoms with E-state index in [1.807, 2.05) is 25.1 Å². The van der Waals surface area contributed by atoms with Crippen LogP contribution in [0.5, 0.6) is 5.75 Å². The maximum Gasteiger partial charge on any atom is 0.150 e. The van der Waals surface area contributed by atoms with Gasteiger partial charge in [-0.1, -0.05) is 22.9 Å². The van der Waals surface area contributed by atoms with E-state index in [0.717, 1.165) is 10.0 Å². The number of nitrogens with two attached hydrogens (primary N) is 1. The molecule has 0 aliphatic heterocycles. The van der Waals surface area contributed by atoms with Gasteiger partial charge in [-0.2, -0.15) is 0 Å². The van der Waals surface area contributed by atoms with Crippen molar-refractivity contribution in [3.63, 3.8) is 0 Å². The topological polar surface area (TPSA) is 69.4 Å². The van der Waals surface area contributed by atoms with Crippen LogP contribution in [0.15, 0.2) is 22.7 Å². The van der Waals surface area contributed by atoms with E-state index in [1.165, 1.54) is 0 Å². The van der Waals surface area contributed by atoms with E-state index in [1.54, 1.807) is 6.92 Å². The van der Waals surface area contributed by atoms with E-state index in [9.17, 15) is 8.42 Å². The van der Waals surface area contributed by atoms with Gasteiger partial charge in [-0.25, -0.2) is 8.42 Å². The summed E-state index contributed by atoms with van der Waals surface area (Å²) in [5, 5.41) is 0. The summed E-state index contributed by atoms with van der Waals surface area (Å²) in [7, 11) is -2.92. The van der Waals surface area contributed by atoms with Crippen LogP contribution in [0.3, 0.4) is 0 Å². The lowest BCUT2D eigenvalue weighted by Crippen LogP contribution is -2.13. The van der Waals surface area contributed by atoms with Crippen LogP contribution >= 0.6 is 15.9 Å². The predicted molar refractivity (Wildman–Crippen MR) is 81.2 cm³/mol. The Morgan fingerprint density at radius 2 is 2.11 bits per heavy atom. The molecule has 19 heavy (non-hydrogen) atoms. The first-order chi connectivity index (χ1) is 8.85. The van der Waals surface area contributed by atoms with Crippen LogP contribution in [-0.4, -0.2) is 26.5 Å².